The van der Waals surface area contributed by atoms with Gasteiger partial charge in [0.25, 0.3) is 0 Å². The second-order valence-corrected chi connectivity index (χ2v) is 6.64. The third kappa shape index (κ3) is 6.95. The van der Waals surface area contributed by atoms with Crippen LogP contribution in [0.3, 0.4) is 0 Å². The van der Waals surface area contributed by atoms with Crippen LogP contribution in [0.5, 0.6) is 0 Å². The van der Waals surface area contributed by atoms with Gasteiger partial charge in [-0.2, -0.15) is 0 Å². The van der Waals surface area contributed by atoms with Gasteiger partial charge in [0.1, 0.15) is 0 Å². The van der Waals surface area contributed by atoms with Crippen LogP contribution in [0.25, 0.3) is 0 Å². The van der Waals surface area contributed by atoms with E-state index in [-0.39, 0.29) is 0 Å². The Kier molecular flexibility index (Phi) is 12.3. The predicted molar refractivity (Wildman–Crippen MR) is 94.1 cm³/mol. The second-order valence-electron chi connectivity index (χ2n) is 6.64. The van der Waals surface area contributed by atoms with E-state index in [9.17, 15) is 0 Å². The highest BCUT2D eigenvalue weighted by molar-refractivity contribution is 4.90. The van der Waals surface area contributed by atoms with Crippen LogP contribution >= 0.6 is 0 Å². The van der Waals surface area contributed by atoms with Crippen molar-refractivity contribution >= 4 is 0 Å². The van der Waals surface area contributed by atoms with Crippen LogP contribution < -0.4 is 0 Å². The van der Waals surface area contributed by atoms with Crippen LogP contribution in [0, 0.1) is 23.7 Å². The highest BCUT2D eigenvalue weighted by atomic mass is 14.3. The van der Waals surface area contributed by atoms with Crippen LogP contribution in [0.1, 0.15) is 92.4 Å². The molecule has 20 heavy (non-hydrogen) atoms. The first-order valence-electron chi connectivity index (χ1n) is 9.28. The van der Waals surface area contributed by atoms with Gasteiger partial charge in [-0.3, -0.25) is 0 Å². The SMILES string of the molecule is C=CC(C(C)CCCCCCC)C(CC)C(CC)CC. The summed E-state index contributed by atoms with van der Waals surface area (Å²) in [6, 6.07) is 0. The zero-order valence-electron chi connectivity index (χ0n) is 15.0. The molecule has 3 atom stereocenters. The van der Waals surface area contributed by atoms with Crippen molar-refractivity contribution < 1.29 is 0 Å². The molecule has 0 aromatic heterocycles. The van der Waals surface area contributed by atoms with Gasteiger partial charge < -0.3 is 0 Å². The largest absolute Gasteiger partial charge is 0.103 e. The number of unbranched alkanes of at least 4 members (excludes halogenated alkanes) is 4. The smallest absolute Gasteiger partial charge is 0.0180 e. The normalized spacial score (nSPS) is 16.1. The summed E-state index contributed by atoms with van der Waals surface area (Å²) < 4.78 is 0. The van der Waals surface area contributed by atoms with Gasteiger partial charge in [0.2, 0.25) is 0 Å². The number of allylic oxidation sites excluding steroid dienone is 1. The predicted octanol–water partition coefficient (Wildman–Crippen LogP) is 7.25. The van der Waals surface area contributed by atoms with E-state index in [0.29, 0.717) is 0 Å². The van der Waals surface area contributed by atoms with E-state index < -0.39 is 0 Å². The van der Waals surface area contributed by atoms with E-state index in [4.69, 9.17) is 0 Å². The van der Waals surface area contributed by atoms with E-state index in [1.807, 2.05) is 0 Å². The lowest BCUT2D eigenvalue weighted by atomic mass is 9.71. The third-order valence-corrected chi connectivity index (χ3v) is 5.31. The van der Waals surface area contributed by atoms with E-state index >= 15 is 0 Å². The Bertz CT molecular complexity index is 214. The fourth-order valence-corrected chi connectivity index (χ4v) is 3.91. The van der Waals surface area contributed by atoms with Gasteiger partial charge in [0.05, 0.1) is 0 Å². The van der Waals surface area contributed by atoms with Gasteiger partial charge in [0.15, 0.2) is 0 Å². The van der Waals surface area contributed by atoms with Gasteiger partial charge in [-0.25, -0.2) is 0 Å². The third-order valence-electron chi connectivity index (χ3n) is 5.31. The zero-order valence-corrected chi connectivity index (χ0v) is 15.0. The number of hydrogen-bond acceptors (Lipinski definition) is 0. The molecule has 3 unspecified atom stereocenters. The monoisotopic (exact) mass is 280 g/mol. The Balaban J connectivity index is 4.35. The first-order chi connectivity index (χ1) is 9.65. The van der Waals surface area contributed by atoms with Crippen molar-refractivity contribution in [2.75, 3.05) is 0 Å². The minimum absolute atomic E-state index is 0.719. The Hall–Kier alpha value is -0.260. The minimum atomic E-state index is 0.719. The van der Waals surface area contributed by atoms with Gasteiger partial charge in [-0.1, -0.05) is 98.5 Å². The van der Waals surface area contributed by atoms with Crippen LogP contribution in [-0.2, 0) is 0 Å². The van der Waals surface area contributed by atoms with Crippen molar-refractivity contribution in [2.24, 2.45) is 23.7 Å². The molecule has 0 amide bonds. The highest BCUT2D eigenvalue weighted by Gasteiger charge is 2.27. The van der Waals surface area contributed by atoms with Crippen LogP contribution in [-0.4, -0.2) is 0 Å². The highest BCUT2D eigenvalue weighted by Crippen LogP contribution is 2.36. The second kappa shape index (κ2) is 12.5. The first kappa shape index (κ1) is 19.7. The van der Waals surface area contributed by atoms with Gasteiger partial charge in [-0.15, -0.1) is 6.58 Å². The number of rotatable bonds is 13. The average Bonchev–Trinajstić information content (AvgIpc) is 2.47. The molecule has 0 aliphatic rings. The zero-order chi connectivity index (χ0) is 15.4. The van der Waals surface area contributed by atoms with Crippen LogP contribution in [0.2, 0.25) is 0 Å². The fourth-order valence-electron chi connectivity index (χ4n) is 3.91. The number of hydrogen-bond donors (Lipinski definition) is 0. The quantitative estimate of drug-likeness (QED) is 0.246. The fraction of sp³-hybridized carbons (Fsp3) is 0.900. The molecular formula is C20H40. The average molecular weight is 281 g/mol. The maximum absolute atomic E-state index is 4.16. The topological polar surface area (TPSA) is 0 Å². The maximum atomic E-state index is 4.16. The standard InChI is InChI=1S/C20H40/c1-7-12-13-14-15-16-17(6)19(10-4)20(11-5)18(8-2)9-3/h10,17-20H,4,7-9,11-16H2,1-3,5-6H3. The van der Waals surface area contributed by atoms with E-state index in [1.54, 1.807) is 0 Å². The van der Waals surface area contributed by atoms with Gasteiger partial charge in [-0.05, 0) is 23.7 Å². The lowest BCUT2D eigenvalue weighted by Gasteiger charge is -2.34. The van der Waals surface area contributed by atoms with Crippen molar-refractivity contribution in [3.05, 3.63) is 12.7 Å². The molecule has 0 saturated heterocycles. The molecule has 0 saturated carbocycles. The molecule has 0 heterocycles. The molecule has 0 aromatic rings. The van der Waals surface area contributed by atoms with Gasteiger partial charge in [0, 0.05) is 0 Å². The molecule has 0 nitrogen and oxygen atoms in total. The lowest BCUT2D eigenvalue weighted by Crippen LogP contribution is -2.26. The molecule has 0 aromatic carbocycles. The summed E-state index contributed by atoms with van der Waals surface area (Å²) in [4.78, 5) is 0. The molecule has 0 N–H and O–H groups in total. The first-order valence-corrected chi connectivity index (χ1v) is 9.28. The molecule has 0 aliphatic carbocycles. The molecule has 0 radical (unpaired) electrons. The molecule has 120 valence electrons. The summed E-state index contributed by atoms with van der Waals surface area (Å²) in [6.07, 6.45) is 14.6. The Labute approximate surface area is 129 Å². The van der Waals surface area contributed by atoms with E-state index in [2.05, 4.69) is 47.3 Å². The molecular weight excluding hydrogens is 240 g/mol. The van der Waals surface area contributed by atoms with Crippen molar-refractivity contribution in [2.45, 2.75) is 92.4 Å². The van der Waals surface area contributed by atoms with E-state index in [1.165, 1.54) is 57.8 Å². The molecule has 0 fully saturated rings. The summed E-state index contributed by atoms with van der Waals surface area (Å²) in [5, 5.41) is 0. The summed E-state index contributed by atoms with van der Waals surface area (Å²) >= 11 is 0. The molecule has 0 aliphatic heterocycles. The van der Waals surface area contributed by atoms with Crippen LogP contribution in [0.4, 0.5) is 0 Å². The molecule has 0 rings (SSSR count). The van der Waals surface area contributed by atoms with Crippen LogP contribution in [0.15, 0.2) is 12.7 Å². The lowest BCUT2D eigenvalue weighted by molar-refractivity contribution is 0.184. The molecule has 0 bridgehead atoms. The van der Waals surface area contributed by atoms with Crippen molar-refractivity contribution in [1.29, 1.82) is 0 Å². The Morgan fingerprint density at radius 1 is 0.850 bits per heavy atom. The van der Waals surface area contributed by atoms with Crippen molar-refractivity contribution in [3.63, 3.8) is 0 Å². The summed E-state index contributed by atoms with van der Waals surface area (Å²) in [7, 11) is 0. The summed E-state index contributed by atoms with van der Waals surface area (Å²) in [5.74, 6) is 3.24. The maximum Gasteiger partial charge on any atom is -0.0180 e. The summed E-state index contributed by atoms with van der Waals surface area (Å²) in [5.41, 5.74) is 0. The summed E-state index contributed by atoms with van der Waals surface area (Å²) in [6.45, 7) is 16.0. The Morgan fingerprint density at radius 3 is 1.90 bits per heavy atom. The van der Waals surface area contributed by atoms with Crippen molar-refractivity contribution in [1.82, 2.24) is 0 Å². The molecule has 0 spiro atoms. The van der Waals surface area contributed by atoms with E-state index in [0.717, 1.165) is 23.7 Å². The molecule has 0 heteroatoms. The Morgan fingerprint density at radius 2 is 1.45 bits per heavy atom. The van der Waals surface area contributed by atoms with Crippen molar-refractivity contribution in [3.8, 4) is 0 Å². The van der Waals surface area contributed by atoms with Gasteiger partial charge >= 0.3 is 0 Å². The minimum Gasteiger partial charge on any atom is -0.103 e.